The number of thiazole rings is 1. The number of aromatic nitrogens is 3. The third-order valence-corrected chi connectivity index (χ3v) is 4.82. The number of amides is 1. The Kier molecular flexibility index (Phi) is 5.18. The van der Waals surface area contributed by atoms with Crippen molar-refractivity contribution in [3.05, 3.63) is 46.7 Å². The highest BCUT2D eigenvalue weighted by Gasteiger charge is 2.16. The van der Waals surface area contributed by atoms with Gasteiger partial charge in [0.05, 0.1) is 26.8 Å². The smallest absolute Gasteiger partial charge is 0.226 e. The number of hydrogen-bond acceptors (Lipinski definition) is 4. The molecule has 1 N–H and O–H groups in total. The summed E-state index contributed by atoms with van der Waals surface area (Å²) in [4.78, 5) is 16.8. The summed E-state index contributed by atoms with van der Waals surface area (Å²) < 4.78 is 1.68. The van der Waals surface area contributed by atoms with E-state index in [0.717, 1.165) is 17.0 Å². The van der Waals surface area contributed by atoms with E-state index in [0.29, 0.717) is 27.3 Å². The SMILES string of the molecule is CCCC(=O)Nc1ncc(-c2ccnn2-c2c(Cl)cccc2Cl)s1. The molecule has 0 bridgehead atoms. The van der Waals surface area contributed by atoms with Gasteiger partial charge < -0.3 is 5.32 Å². The lowest BCUT2D eigenvalue weighted by molar-refractivity contribution is -0.116. The Balaban J connectivity index is 1.94. The normalized spacial score (nSPS) is 10.8. The highest BCUT2D eigenvalue weighted by Crippen LogP contribution is 2.34. The number of benzene rings is 1. The van der Waals surface area contributed by atoms with Crippen LogP contribution in [0.25, 0.3) is 16.3 Å². The van der Waals surface area contributed by atoms with Gasteiger partial charge in [0.1, 0.15) is 5.69 Å². The van der Waals surface area contributed by atoms with Gasteiger partial charge in [0.2, 0.25) is 5.91 Å². The Morgan fingerprint density at radius 3 is 2.75 bits per heavy atom. The Morgan fingerprint density at radius 1 is 1.29 bits per heavy atom. The van der Waals surface area contributed by atoms with E-state index in [1.165, 1.54) is 11.3 Å². The molecule has 0 spiro atoms. The summed E-state index contributed by atoms with van der Waals surface area (Å²) in [6.07, 6.45) is 4.64. The van der Waals surface area contributed by atoms with E-state index in [2.05, 4.69) is 15.4 Å². The molecule has 0 aliphatic carbocycles. The van der Waals surface area contributed by atoms with Crippen LogP contribution in [0.15, 0.2) is 36.7 Å². The van der Waals surface area contributed by atoms with E-state index < -0.39 is 0 Å². The lowest BCUT2D eigenvalue weighted by Crippen LogP contribution is -2.09. The van der Waals surface area contributed by atoms with E-state index >= 15 is 0 Å². The predicted molar refractivity (Wildman–Crippen MR) is 98.2 cm³/mol. The summed E-state index contributed by atoms with van der Waals surface area (Å²) >= 11 is 13.9. The lowest BCUT2D eigenvalue weighted by atomic mass is 10.3. The number of nitrogens with one attached hydrogen (secondary N) is 1. The van der Waals surface area contributed by atoms with Crippen LogP contribution in [0.5, 0.6) is 0 Å². The second kappa shape index (κ2) is 7.34. The minimum absolute atomic E-state index is 0.0407. The molecular weight excluding hydrogens is 367 g/mol. The van der Waals surface area contributed by atoms with E-state index in [1.54, 1.807) is 35.3 Å². The lowest BCUT2D eigenvalue weighted by Gasteiger charge is -2.09. The summed E-state index contributed by atoms with van der Waals surface area (Å²) in [5.41, 5.74) is 1.42. The highest BCUT2D eigenvalue weighted by atomic mass is 35.5. The number of para-hydroxylation sites is 1. The molecule has 3 rings (SSSR count). The van der Waals surface area contributed by atoms with Crippen LogP contribution in [0.3, 0.4) is 0 Å². The van der Waals surface area contributed by atoms with Crippen molar-refractivity contribution in [2.24, 2.45) is 0 Å². The van der Waals surface area contributed by atoms with Gasteiger partial charge in [-0.2, -0.15) is 5.10 Å². The van der Waals surface area contributed by atoms with Crippen LogP contribution in [0.2, 0.25) is 10.0 Å². The van der Waals surface area contributed by atoms with Crippen LogP contribution in [-0.4, -0.2) is 20.7 Å². The van der Waals surface area contributed by atoms with Gasteiger partial charge >= 0.3 is 0 Å². The van der Waals surface area contributed by atoms with Crippen LogP contribution in [-0.2, 0) is 4.79 Å². The first-order valence-corrected chi connectivity index (χ1v) is 8.92. The number of anilines is 1. The van der Waals surface area contributed by atoms with Gasteiger partial charge in [-0.15, -0.1) is 0 Å². The van der Waals surface area contributed by atoms with Crippen LogP contribution in [0.4, 0.5) is 5.13 Å². The number of nitrogens with zero attached hydrogens (tertiary/aromatic N) is 3. The fraction of sp³-hybridized carbons (Fsp3) is 0.188. The molecule has 8 heteroatoms. The zero-order valence-electron chi connectivity index (χ0n) is 12.8. The predicted octanol–water partition coefficient (Wildman–Crippen LogP) is 5.04. The molecule has 0 saturated heterocycles. The topological polar surface area (TPSA) is 59.8 Å². The maximum absolute atomic E-state index is 11.7. The molecular formula is C16H14Cl2N4OS. The third kappa shape index (κ3) is 3.45. The van der Waals surface area contributed by atoms with Gasteiger partial charge in [0.25, 0.3) is 0 Å². The standard InChI is InChI=1S/C16H14Cl2N4OS/c1-2-4-14(23)21-16-19-9-13(24-16)12-7-8-20-22(12)15-10(17)5-3-6-11(15)18/h3,5-9H,2,4H2,1H3,(H,19,21,23). The zero-order valence-corrected chi connectivity index (χ0v) is 15.1. The quantitative estimate of drug-likeness (QED) is 0.674. The molecule has 0 atom stereocenters. The molecule has 2 heterocycles. The van der Waals surface area contributed by atoms with Gasteiger partial charge in [0, 0.05) is 12.6 Å². The molecule has 124 valence electrons. The number of hydrogen-bond donors (Lipinski definition) is 1. The van der Waals surface area contributed by atoms with Crippen LogP contribution in [0, 0.1) is 0 Å². The molecule has 24 heavy (non-hydrogen) atoms. The number of carbonyl (C=O) groups excluding carboxylic acids is 1. The molecule has 0 fully saturated rings. The number of halogens is 2. The molecule has 5 nitrogen and oxygen atoms in total. The average molecular weight is 381 g/mol. The molecule has 1 aromatic carbocycles. The molecule has 0 aliphatic rings. The monoisotopic (exact) mass is 380 g/mol. The van der Waals surface area contributed by atoms with Crippen molar-refractivity contribution in [2.45, 2.75) is 19.8 Å². The molecule has 1 amide bonds. The first kappa shape index (κ1) is 17.0. The van der Waals surface area contributed by atoms with E-state index in [4.69, 9.17) is 23.2 Å². The Bertz CT molecular complexity index is 854. The van der Waals surface area contributed by atoms with Gasteiger partial charge in [-0.1, -0.05) is 47.5 Å². The van der Waals surface area contributed by atoms with Crippen molar-refractivity contribution >= 4 is 45.6 Å². The Morgan fingerprint density at radius 2 is 2.04 bits per heavy atom. The minimum Gasteiger partial charge on any atom is -0.302 e. The van der Waals surface area contributed by atoms with Crippen molar-refractivity contribution in [2.75, 3.05) is 5.32 Å². The maximum Gasteiger partial charge on any atom is 0.226 e. The van der Waals surface area contributed by atoms with Gasteiger partial charge in [-0.3, -0.25) is 4.79 Å². The molecule has 0 radical (unpaired) electrons. The van der Waals surface area contributed by atoms with Crippen LogP contribution >= 0.6 is 34.5 Å². The van der Waals surface area contributed by atoms with Gasteiger partial charge in [-0.25, -0.2) is 9.67 Å². The summed E-state index contributed by atoms with van der Waals surface area (Å²) in [7, 11) is 0. The fourth-order valence-electron chi connectivity index (χ4n) is 2.22. The molecule has 2 aromatic heterocycles. The summed E-state index contributed by atoms with van der Waals surface area (Å²) in [5.74, 6) is -0.0407. The summed E-state index contributed by atoms with van der Waals surface area (Å²) in [5, 5.41) is 8.69. The van der Waals surface area contributed by atoms with Crippen molar-refractivity contribution in [1.29, 1.82) is 0 Å². The second-order valence-corrected chi connectivity index (χ2v) is 6.87. The van der Waals surface area contributed by atoms with Crippen molar-refractivity contribution < 1.29 is 4.79 Å². The molecule has 3 aromatic rings. The molecule has 0 unspecified atom stereocenters. The highest BCUT2D eigenvalue weighted by molar-refractivity contribution is 7.19. The maximum atomic E-state index is 11.7. The van der Waals surface area contributed by atoms with Crippen molar-refractivity contribution in [3.63, 3.8) is 0 Å². The molecule has 0 aliphatic heterocycles. The summed E-state index contributed by atoms with van der Waals surface area (Å²) in [6, 6.07) is 7.16. The first-order chi connectivity index (χ1) is 11.6. The third-order valence-electron chi connectivity index (χ3n) is 3.27. The van der Waals surface area contributed by atoms with E-state index in [-0.39, 0.29) is 5.91 Å². The molecule has 0 saturated carbocycles. The minimum atomic E-state index is -0.0407. The van der Waals surface area contributed by atoms with Crippen LogP contribution < -0.4 is 5.32 Å². The Labute approximate surface area is 153 Å². The van der Waals surface area contributed by atoms with Gasteiger partial charge in [0.15, 0.2) is 5.13 Å². The second-order valence-electron chi connectivity index (χ2n) is 5.03. The number of rotatable bonds is 5. The fourth-order valence-corrected chi connectivity index (χ4v) is 3.62. The number of carbonyl (C=O) groups is 1. The Hall–Kier alpha value is -1.89. The summed E-state index contributed by atoms with van der Waals surface area (Å²) in [6.45, 7) is 1.96. The zero-order chi connectivity index (χ0) is 17.1. The van der Waals surface area contributed by atoms with E-state index in [9.17, 15) is 4.79 Å². The van der Waals surface area contributed by atoms with E-state index in [1.807, 2.05) is 13.0 Å². The first-order valence-electron chi connectivity index (χ1n) is 7.34. The van der Waals surface area contributed by atoms with Crippen molar-refractivity contribution in [1.82, 2.24) is 14.8 Å². The largest absolute Gasteiger partial charge is 0.302 e. The average Bonchev–Trinajstić information content (AvgIpc) is 3.16. The van der Waals surface area contributed by atoms with Gasteiger partial charge in [-0.05, 0) is 24.6 Å². The van der Waals surface area contributed by atoms with Crippen LogP contribution in [0.1, 0.15) is 19.8 Å². The van der Waals surface area contributed by atoms with Crippen molar-refractivity contribution in [3.8, 4) is 16.3 Å².